The molecule has 0 spiro atoms. The number of nitrogens with one attached hydrogen (secondary N) is 2. The number of hydrogen-bond donors (Lipinski definition) is 3. The molecule has 4 aromatic carbocycles. The standard InChI is InChI=1S/C32H25N5O8S2/c33-47(44,45)25-16-12-23(13-17-25)36-29(38)19-28(32(36)41)46-24-14-10-22(11-15-24)34-31(40)26(35-30(39)20-6-2-1-3-7-20)18-21-8-4-5-9-27(21)37(42)43/h1-18,28H,19H2,(H,34,40)(H,35,39)(H2,33,44,45)/b26-18+. The zero-order valence-electron chi connectivity index (χ0n) is 24.2. The number of nitro benzene ring substituents is 1. The number of nitro groups is 1. The van der Waals surface area contributed by atoms with Crippen LogP contribution in [0.5, 0.6) is 0 Å². The average molecular weight is 672 g/mol. The van der Waals surface area contributed by atoms with Crippen molar-refractivity contribution in [2.45, 2.75) is 21.5 Å². The van der Waals surface area contributed by atoms with Crippen LogP contribution in [-0.4, -0.2) is 42.2 Å². The Bertz CT molecular complexity index is 2020. The molecule has 13 nitrogen and oxygen atoms in total. The molecule has 1 aliphatic heterocycles. The molecule has 1 aliphatic rings. The Balaban J connectivity index is 1.30. The van der Waals surface area contributed by atoms with Gasteiger partial charge < -0.3 is 10.6 Å². The molecule has 5 rings (SSSR count). The fraction of sp³-hybridized carbons (Fsp3) is 0.0625. The van der Waals surface area contributed by atoms with E-state index in [0.29, 0.717) is 10.6 Å². The molecule has 0 saturated carbocycles. The number of amides is 4. The molecule has 47 heavy (non-hydrogen) atoms. The van der Waals surface area contributed by atoms with Gasteiger partial charge in [-0.1, -0.05) is 30.3 Å². The van der Waals surface area contributed by atoms with E-state index in [4.69, 9.17) is 5.14 Å². The molecule has 1 heterocycles. The van der Waals surface area contributed by atoms with Gasteiger partial charge in [0.25, 0.3) is 17.5 Å². The number of para-hydroxylation sites is 1. The number of carbonyl (C=O) groups is 4. The number of nitrogens with two attached hydrogens (primary N) is 1. The average Bonchev–Trinajstić information content (AvgIpc) is 3.33. The highest BCUT2D eigenvalue weighted by molar-refractivity contribution is 8.00. The normalized spacial score (nSPS) is 15.0. The molecular weight excluding hydrogens is 647 g/mol. The van der Waals surface area contributed by atoms with E-state index in [2.05, 4.69) is 10.6 Å². The number of nitrogens with zero attached hydrogens (tertiary/aromatic N) is 2. The minimum absolute atomic E-state index is 0.0835. The van der Waals surface area contributed by atoms with Crippen LogP contribution in [0.3, 0.4) is 0 Å². The summed E-state index contributed by atoms with van der Waals surface area (Å²) in [7, 11) is -3.94. The lowest BCUT2D eigenvalue weighted by molar-refractivity contribution is -0.385. The Labute approximate surface area is 272 Å². The van der Waals surface area contributed by atoms with Gasteiger partial charge in [0.05, 0.1) is 26.3 Å². The van der Waals surface area contributed by atoms with Crippen LogP contribution in [0.25, 0.3) is 6.08 Å². The summed E-state index contributed by atoms with van der Waals surface area (Å²) < 4.78 is 23.1. The van der Waals surface area contributed by atoms with Crippen LogP contribution in [0.1, 0.15) is 22.3 Å². The summed E-state index contributed by atoms with van der Waals surface area (Å²) in [4.78, 5) is 64.5. The van der Waals surface area contributed by atoms with Crippen molar-refractivity contribution in [1.82, 2.24) is 5.32 Å². The Kier molecular flexibility index (Phi) is 9.60. The van der Waals surface area contributed by atoms with Gasteiger partial charge in [-0.25, -0.2) is 18.5 Å². The van der Waals surface area contributed by atoms with Crippen LogP contribution >= 0.6 is 11.8 Å². The fourth-order valence-electron chi connectivity index (χ4n) is 4.61. The van der Waals surface area contributed by atoms with Gasteiger partial charge in [-0.15, -0.1) is 11.8 Å². The number of thioether (sulfide) groups is 1. The van der Waals surface area contributed by atoms with Crippen LogP contribution in [0.4, 0.5) is 17.1 Å². The van der Waals surface area contributed by atoms with Crippen LogP contribution in [0.15, 0.2) is 119 Å². The maximum atomic E-state index is 13.4. The Morgan fingerprint density at radius 3 is 2.19 bits per heavy atom. The van der Waals surface area contributed by atoms with E-state index in [1.54, 1.807) is 60.7 Å². The van der Waals surface area contributed by atoms with Gasteiger partial charge in [0, 0.05) is 28.6 Å². The number of benzene rings is 4. The predicted octanol–water partition coefficient (Wildman–Crippen LogP) is 4.08. The van der Waals surface area contributed by atoms with Crippen molar-refractivity contribution in [2.75, 3.05) is 10.2 Å². The van der Waals surface area contributed by atoms with Crippen molar-refractivity contribution in [2.24, 2.45) is 5.14 Å². The second-order valence-corrected chi connectivity index (χ2v) is 12.9. The molecule has 4 aromatic rings. The van der Waals surface area contributed by atoms with E-state index in [-0.39, 0.29) is 39.5 Å². The summed E-state index contributed by atoms with van der Waals surface area (Å²) in [6.45, 7) is 0. The number of rotatable bonds is 10. The van der Waals surface area contributed by atoms with Gasteiger partial charge in [0.15, 0.2) is 0 Å². The fourth-order valence-corrected chi connectivity index (χ4v) is 6.17. The molecule has 0 radical (unpaired) electrons. The van der Waals surface area contributed by atoms with Crippen LogP contribution < -0.4 is 20.7 Å². The molecule has 1 saturated heterocycles. The first-order valence-corrected chi connectivity index (χ1v) is 16.2. The minimum Gasteiger partial charge on any atom is -0.321 e. The molecule has 1 unspecified atom stereocenters. The lowest BCUT2D eigenvalue weighted by Crippen LogP contribution is -2.31. The molecular formula is C32H25N5O8S2. The molecule has 1 atom stereocenters. The minimum atomic E-state index is -3.94. The highest BCUT2D eigenvalue weighted by Crippen LogP contribution is 2.34. The zero-order valence-corrected chi connectivity index (χ0v) is 25.9. The quantitative estimate of drug-likeness (QED) is 0.0962. The van der Waals surface area contributed by atoms with Gasteiger partial charge in [-0.05, 0) is 72.8 Å². The van der Waals surface area contributed by atoms with E-state index in [1.807, 2.05) is 0 Å². The largest absolute Gasteiger partial charge is 0.321 e. The van der Waals surface area contributed by atoms with Crippen molar-refractivity contribution in [3.8, 4) is 0 Å². The van der Waals surface area contributed by atoms with Crippen LogP contribution in [0, 0.1) is 10.1 Å². The molecule has 4 N–H and O–H groups in total. The number of imide groups is 1. The first-order valence-electron chi connectivity index (χ1n) is 13.8. The van der Waals surface area contributed by atoms with Gasteiger partial charge in [-0.2, -0.15) is 0 Å². The molecule has 15 heteroatoms. The summed E-state index contributed by atoms with van der Waals surface area (Å²) >= 11 is 1.14. The number of sulfonamides is 1. The van der Waals surface area contributed by atoms with Crippen molar-refractivity contribution in [1.29, 1.82) is 0 Å². The number of carbonyl (C=O) groups excluding carboxylic acids is 4. The second-order valence-electron chi connectivity index (χ2n) is 10.1. The topological polar surface area (TPSA) is 199 Å². The predicted molar refractivity (Wildman–Crippen MR) is 175 cm³/mol. The Hall–Kier alpha value is -5.64. The molecule has 0 aliphatic carbocycles. The summed E-state index contributed by atoms with van der Waals surface area (Å²) in [5, 5.41) is 21.1. The van der Waals surface area contributed by atoms with Crippen molar-refractivity contribution in [3.05, 3.63) is 130 Å². The molecule has 238 valence electrons. The zero-order chi connectivity index (χ0) is 33.7. The third-order valence-electron chi connectivity index (χ3n) is 6.88. The van der Waals surface area contributed by atoms with Gasteiger partial charge in [-0.3, -0.25) is 29.3 Å². The van der Waals surface area contributed by atoms with E-state index in [9.17, 15) is 37.7 Å². The maximum absolute atomic E-state index is 13.4. The van der Waals surface area contributed by atoms with Gasteiger partial charge in [0.2, 0.25) is 21.8 Å². The summed E-state index contributed by atoms with van der Waals surface area (Å²) in [5.41, 5.74) is 0.429. The third-order valence-corrected chi connectivity index (χ3v) is 9.01. The van der Waals surface area contributed by atoms with Crippen LogP contribution in [-0.2, 0) is 24.4 Å². The maximum Gasteiger partial charge on any atom is 0.276 e. The number of anilines is 2. The van der Waals surface area contributed by atoms with E-state index < -0.39 is 43.8 Å². The lowest BCUT2D eigenvalue weighted by Gasteiger charge is -2.15. The number of primary sulfonamides is 1. The Morgan fingerprint density at radius 1 is 0.915 bits per heavy atom. The first-order chi connectivity index (χ1) is 22.4. The summed E-state index contributed by atoms with van der Waals surface area (Å²) in [6, 6.07) is 25.4. The van der Waals surface area contributed by atoms with E-state index in [0.717, 1.165) is 16.7 Å². The van der Waals surface area contributed by atoms with E-state index >= 15 is 0 Å². The Morgan fingerprint density at radius 2 is 1.55 bits per heavy atom. The van der Waals surface area contributed by atoms with Crippen molar-refractivity contribution >= 4 is 68.6 Å². The molecule has 1 fully saturated rings. The highest BCUT2D eigenvalue weighted by atomic mass is 32.2. The van der Waals surface area contributed by atoms with Crippen molar-refractivity contribution in [3.63, 3.8) is 0 Å². The molecule has 4 amide bonds. The van der Waals surface area contributed by atoms with Crippen molar-refractivity contribution < 1.29 is 32.5 Å². The van der Waals surface area contributed by atoms with E-state index in [1.165, 1.54) is 48.5 Å². The lowest BCUT2D eigenvalue weighted by atomic mass is 10.1. The van der Waals surface area contributed by atoms with Gasteiger partial charge in [0.1, 0.15) is 5.70 Å². The second kappa shape index (κ2) is 13.8. The number of hydrogen-bond acceptors (Lipinski definition) is 9. The first kappa shape index (κ1) is 32.7. The summed E-state index contributed by atoms with van der Waals surface area (Å²) in [6.07, 6.45) is 1.13. The molecule has 0 aromatic heterocycles. The smallest absolute Gasteiger partial charge is 0.276 e. The van der Waals surface area contributed by atoms with Gasteiger partial charge >= 0.3 is 0 Å². The summed E-state index contributed by atoms with van der Waals surface area (Å²) in [5.74, 6) is -2.26. The monoisotopic (exact) mass is 671 g/mol. The molecule has 0 bridgehead atoms. The third kappa shape index (κ3) is 7.78. The van der Waals surface area contributed by atoms with Crippen LogP contribution in [0.2, 0.25) is 0 Å². The highest BCUT2D eigenvalue weighted by Gasteiger charge is 2.40. The SMILES string of the molecule is NS(=O)(=O)c1ccc(N2C(=O)CC(Sc3ccc(NC(=O)/C(=C\c4ccccc4[N+](=O)[O-])NC(=O)c4ccccc4)cc3)C2=O)cc1.